The summed E-state index contributed by atoms with van der Waals surface area (Å²) in [7, 11) is 2.72. The Hall–Kier alpha value is -2.32. The van der Waals surface area contributed by atoms with E-state index in [2.05, 4.69) is 34.6 Å². The predicted molar refractivity (Wildman–Crippen MR) is 109 cm³/mol. The minimum Gasteiger partial charge on any atom is -0.362 e. The van der Waals surface area contributed by atoms with E-state index in [9.17, 15) is 4.39 Å². The number of pyridine rings is 1. The van der Waals surface area contributed by atoms with Gasteiger partial charge in [-0.1, -0.05) is 19.6 Å². The Morgan fingerprint density at radius 2 is 1.96 bits per heavy atom. The van der Waals surface area contributed by atoms with Crippen LogP contribution in [-0.2, 0) is 11.5 Å². The van der Waals surface area contributed by atoms with Crippen LogP contribution in [-0.4, -0.2) is 48.3 Å². The van der Waals surface area contributed by atoms with Crippen LogP contribution >= 0.6 is 0 Å². The molecule has 0 aliphatic rings. The van der Waals surface area contributed by atoms with Crippen LogP contribution < -0.4 is 4.90 Å². The highest BCUT2D eigenvalue weighted by Crippen LogP contribution is 2.34. The van der Waals surface area contributed by atoms with Crippen LogP contribution in [0.15, 0.2) is 30.9 Å². The minimum absolute atomic E-state index is 0.401. The van der Waals surface area contributed by atoms with E-state index in [0.717, 1.165) is 40.6 Å². The summed E-state index contributed by atoms with van der Waals surface area (Å²) in [6.45, 7) is 8.11. The van der Waals surface area contributed by atoms with Crippen molar-refractivity contribution in [3.05, 3.63) is 36.8 Å². The first kappa shape index (κ1) is 19.4. The lowest BCUT2D eigenvalue weighted by molar-refractivity contribution is 0.0899. The predicted octanol–water partition coefficient (Wildman–Crippen LogP) is 4.01. The molecule has 0 amide bonds. The maximum atomic E-state index is 13.7. The molecule has 0 unspecified atom stereocenters. The van der Waals surface area contributed by atoms with Crippen LogP contribution in [0.1, 0.15) is 0 Å². The second kappa shape index (κ2) is 7.73. The fraction of sp³-hybridized carbons (Fsp3) is 0.421. The van der Waals surface area contributed by atoms with Crippen molar-refractivity contribution >= 4 is 24.9 Å². The minimum atomic E-state index is -1.14. The Bertz CT molecular complexity index is 935. The normalized spacial score (nSPS) is 11.9. The van der Waals surface area contributed by atoms with Crippen molar-refractivity contribution in [1.29, 1.82) is 0 Å². The highest BCUT2D eigenvalue weighted by atomic mass is 28.3. The van der Waals surface area contributed by atoms with E-state index >= 15 is 0 Å². The highest BCUT2D eigenvalue weighted by Gasteiger charge is 2.18. The van der Waals surface area contributed by atoms with E-state index in [1.165, 1.54) is 12.3 Å². The van der Waals surface area contributed by atoms with Crippen LogP contribution in [0, 0.1) is 5.95 Å². The summed E-state index contributed by atoms with van der Waals surface area (Å²) in [6, 6.07) is 4.32. The summed E-state index contributed by atoms with van der Waals surface area (Å²) in [4.78, 5) is 14.5. The van der Waals surface area contributed by atoms with Crippen LogP contribution in [0.3, 0.4) is 0 Å². The summed E-state index contributed by atoms with van der Waals surface area (Å²) in [5.41, 5.74) is 2.38. The van der Waals surface area contributed by atoms with E-state index in [1.807, 2.05) is 29.8 Å². The fourth-order valence-corrected chi connectivity index (χ4v) is 3.63. The molecule has 0 N–H and O–H groups in total. The molecule has 27 heavy (non-hydrogen) atoms. The number of hydrogen-bond donors (Lipinski definition) is 0. The molecule has 8 heteroatoms. The van der Waals surface area contributed by atoms with Crippen LogP contribution in [0.4, 0.5) is 10.2 Å². The van der Waals surface area contributed by atoms with E-state index in [-0.39, 0.29) is 0 Å². The van der Waals surface area contributed by atoms with Crippen molar-refractivity contribution in [2.45, 2.75) is 32.4 Å². The van der Waals surface area contributed by atoms with E-state index in [1.54, 1.807) is 12.4 Å². The molecule has 0 atom stereocenters. The molecular formula is C19H26FN5OSi. The third kappa shape index (κ3) is 4.51. The average molecular weight is 388 g/mol. The Kier molecular flexibility index (Phi) is 5.57. The SMILES string of the molecule is CN(C)c1ncnc2c1c(-c1ccnc(F)c1)cn2COCC[Si](C)(C)C. The molecule has 0 aromatic carbocycles. The van der Waals surface area contributed by atoms with Gasteiger partial charge in [-0.15, -0.1) is 0 Å². The molecule has 0 fully saturated rings. The Morgan fingerprint density at radius 1 is 1.19 bits per heavy atom. The smallest absolute Gasteiger partial charge is 0.213 e. The van der Waals surface area contributed by atoms with Gasteiger partial charge in [0.15, 0.2) is 0 Å². The van der Waals surface area contributed by atoms with Gasteiger partial charge in [-0.05, 0) is 17.7 Å². The van der Waals surface area contributed by atoms with Gasteiger partial charge in [-0.25, -0.2) is 15.0 Å². The Labute approximate surface area is 160 Å². The second-order valence-corrected chi connectivity index (χ2v) is 13.6. The van der Waals surface area contributed by atoms with Gasteiger partial charge in [0.05, 0.1) is 5.39 Å². The van der Waals surface area contributed by atoms with Crippen molar-refractivity contribution in [2.24, 2.45) is 0 Å². The molecule has 0 radical (unpaired) electrons. The third-order valence-corrected chi connectivity index (χ3v) is 6.03. The lowest BCUT2D eigenvalue weighted by Crippen LogP contribution is -2.22. The second-order valence-electron chi connectivity index (χ2n) is 8.02. The summed E-state index contributed by atoms with van der Waals surface area (Å²) >= 11 is 0. The topological polar surface area (TPSA) is 56.1 Å². The Morgan fingerprint density at radius 3 is 2.63 bits per heavy atom. The van der Waals surface area contributed by atoms with Gasteiger partial charge in [0.1, 0.15) is 24.5 Å². The van der Waals surface area contributed by atoms with Gasteiger partial charge >= 0.3 is 0 Å². The zero-order chi connectivity index (χ0) is 19.6. The van der Waals surface area contributed by atoms with Gasteiger partial charge in [-0.2, -0.15) is 4.39 Å². The van der Waals surface area contributed by atoms with Gasteiger partial charge in [0.2, 0.25) is 5.95 Å². The summed E-state index contributed by atoms with van der Waals surface area (Å²) in [6.07, 6.45) is 4.97. The monoisotopic (exact) mass is 387 g/mol. The molecule has 0 bridgehead atoms. The fourth-order valence-electron chi connectivity index (χ4n) is 2.88. The van der Waals surface area contributed by atoms with Crippen molar-refractivity contribution in [1.82, 2.24) is 19.5 Å². The first-order chi connectivity index (χ1) is 12.8. The van der Waals surface area contributed by atoms with Crippen molar-refractivity contribution in [3.63, 3.8) is 0 Å². The number of hydrogen-bond acceptors (Lipinski definition) is 5. The van der Waals surface area contributed by atoms with Gasteiger partial charge in [-0.3, -0.25) is 0 Å². The van der Waals surface area contributed by atoms with Crippen molar-refractivity contribution < 1.29 is 9.13 Å². The molecule has 0 aliphatic carbocycles. The number of anilines is 1. The molecular weight excluding hydrogens is 361 g/mol. The molecule has 6 nitrogen and oxygen atoms in total. The third-order valence-electron chi connectivity index (χ3n) is 4.32. The van der Waals surface area contributed by atoms with Crippen molar-refractivity contribution in [2.75, 3.05) is 25.6 Å². The molecule has 3 aromatic heterocycles. The zero-order valence-electron chi connectivity index (χ0n) is 16.5. The molecule has 0 spiro atoms. The van der Waals surface area contributed by atoms with Gasteiger partial charge in [0, 0.05) is 52.8 Å². The van der Waals surface area contributed by atoms with Crippen LogP contribution in [0.25, 0.3) is 22.2 Å². The summed E-state index contributed by atoms with van der Waals surface area (Å²) in [5.74, 6) is 0.274. The molecule has 0 saturated heterocycles. The molecule has 3 rings (SSSR count). The number of ether oxygens (including phenoxy) is 1. The maximum Gasteiger partial charge on any atom is 0.213 e. The zero-order valence-corrected chi connectivity index (χ0v) is 17.5. The first-order valence-electron chi connectivity index (χ1n) is 8.97. The lowest BCUT2D eigenvalue weighted by atomic mass is 10.1. The largest absolute Gasteiger partial charge is 0.362 e. The number of aromatic nitrogens is 4. The van der Waals surface area contributed by atoms with Crippen molar-refractivity contribution in [3.8, 4) is 11.1 Å². The van der Waals surface area contributed by atoms with Gasteiger partial charge < -0.3 is 14.2 Å². The Balaban J connectivity index is 2.01. The number of fused-ring (bicyclic) bond motifs is 1. The number of halogens is 1. The number of nitrogens with zero attached hydrogens (tertiary/aromatic N) is 5. The maximum absolute atomic E-state index is 13.7. The molecule has 3 aromatic rings. The van der Waals surface area contributed by atoms with E-state index in [4.69, 9.17) is 4.74 Å². The van der Waals surface area contributed by atoms with E-state index < -0.39 is 14.0 Å². The standard InChI is InChI=1S/C19H26FN5OSi/c1-24(2)18-17-15(14-6-7-21-16(20)10-14)11-25(19(17)23-12-22-18)13-26-8-9-27(3,4)5/h6-7,10-12H,8-9,13H2,1-5H3. The number of rotatable bonds is 7. The van der Waals surface area contributed by atoms with Crippen LogP contribution in [0.2, 0.25) is 25.7 Å². The molecule has 0 aliphatic heterocycles. The molecule has 144 valence electrons. The quantitative estimate of drug-likeness (QED) is 0.348. The van der Waals surface area contributed by atoms with Crippen LogP contribution in [0.5, 0.6) is 0 Å². The molecule has 0 saturated carbocycles. The molecule has 3 heterocycles. The van der Waals surface area contributed by atoms with E-state index in [0.29, 0.717) is 6.73 Å². The lowest BCUT2D eigenvalue weighted by Gasteiger charge is -2.16. The average Bonchev–Trinajstić information content (AvgIpc) is 2.96. The first-order valence-corrected chi connectivity index (χ1v) is 12.7. The highest BCUT2D eigenvalue weighted by molar-refractivity contribution is 6.76. The summed E-state index contributed by atoms with van der Waals surface area (Å²) < 4.78 is 21.6. The van der Waals surface area contributed by atoms with Gasteiger partial charge in [0.25, 0.3) is 0 Å². The summed E-state index contributed by atoms with van der Waals surface area (Å²) in [5, 5.41) is 0.877.